The molecular weight excluding hydrogens is 346 g/mol. The van der Waals surface area contributed by atoms with Gasteiger partial charge in [-0.25, -0.2) is 4.98 Å². The third-order valence-corrected chi connectivity index (χ3v) is 5.16. The van der Waals surface area contributed by atoms with Crippen LogP contribution in [0.4, 0.5) is 0 Å². The maximum Gasteiger partial charge on any atom is 0.275 e. The second-order valence-electron chi connectivity index (χ2n) is 5.72. The van der Waals surface area contributed by atoms with E-state index in [1.807, 2.05) is 24.3 Å². The summed E-state index contributed by atoms with van der Waals surface area (Å²) in [5.74, 6) is 0. The fourth-order valence-electron chi connectivity index (χ4n) is 2.77. The van der Waals surface area contributed by atoms with Gasteiger partial charge in [0.25, 0.3) is 5.56 Å². The topological polar surface area (TPSA) is 62.5 Å². The van der Waals surface area contributed by atoms with Gasteiger partial charge in [-0.1, -0.05) is 35.1 Å². The van der Waals surface area contributed by atoms with Gasteiger partial charge in [0.05, 0.1) is 5.69 Å². The van der Waals surface area contributed by atoms with Crippen molar-refractivity contribution in [3.05, 3.63) is 51.4 Å². The smallest absolute Gasteiger partial charge is 0.275 e. The third kappa shape index (κ3) is 3.21. The molecule has 0 atom stereocenters. The van der Waals surface area contributed by atoms with Crippen molar-refractivity contribution in [3.8, 4) is 10.6 Å². The Balaban J connectivity index is 1.69. The summed E-state index contributed by atoms with van der Waals surface area (Å²) >= 11 is 7.44. The van der Waals surface area contributed by atoms with E-state index in [1.165, 1.54) is 15.9 Å². The summed E-state index contributed by atoms with van der Waals surface area (Å²) in [4.78, 5) is 19.9. The first kappa shape index (κ1) is 15.7. The quantitative estimate of drug-likeness (QED) is 0.771. The van der Waals surface area contributed by atoms with E-state index >= 15 is 0 Å². The largest absolute Gasteiger partial charge is 0.314 e. The molecule has 0 amide bonds. The number of fused-ring (bicyclic) bond motifs is 1. The number of benzene rings is 1. The number of halogens is 1. The summed E-state index contributed by atoms with van der Waals surface area (Å²) in [6, 6.07) is 9.03. The molecule has 0 spiro atoms. The first-order valence-corrected chi connectivity index (χ1v) is 8.97. The van der Waals surface area contributed by atoms with Gasteiger partial charge in [-0.15, -0.1) is 0 Å². The maximum atomic E-state index is 12.4. The molecule has 1 N–H and O–H groups in total. The predicted octanol–water partition coefficient (Wildman–Crippen LogP) is 1.88. The van der Waals surface area contributed by atoms with Gasteiger partial charge in [0.15, 0.2) is 0 Å². The maximum absolute atomic E-state index is 12.4. The highest BCUT2D eigenvalue weighted by Gasteiger charge is 2.14. The van der Waals surface area contributed by atoms with Crippen LogP contribution in [-0.2, 0) is 6.54 Å². The van der Waals surface area contributed by atoms with Crippen LogP contribution in [0.5, 0.6) is 0 Å². The highest BCUT2D eigenvalue weighted by atomic mass is 35.5. The van der Waals surface area contributed by atoms with Crippen LogP contribution in [0.2, 0.25) is 5.02 Å². The van der Waals surface area contributed by atoms with Gasteiger partial charge in [-0.2, -0.15) is 9.61 Å². The van der Waals surface area contributed by atoms with Crippen molar-refractivity contribution in [2.75, 3.05) is 26.2 Å². The first-order chi connectivity index (χ1) is 11.7. The Kier molecular flexibility index (Phi) is 4.32. The highest BCUT2D eigenvalue weighted by Crippen LogP contribution is 2.26. The molecular formula is C16H16ClN5OS. The Morgan fingerprint density at radius 2 is 2.08 bits per heavy atom. The predicted molar refractivity (Wildman–Crippen MR) is 95.7 cm³/mol. The number of nitrogens with one attached hydrogen (secondary N) is 1. The summed E-state index contributed by atoms with van der Waals surface area (Å²) in [7, 11) is 0. The number of hydrogen-bond donors (Lipinski definition) is 1. The Morgan fingerprint density at radius 1 is 1.25 bits per heavy atom. The minimum Gasteiger partial charge on any atom is -0.314 e. The zero-order valence-corrected chi connectivity index (χ0v) is 14.5. The molecule has 6 nitrogen and oxygen atoms in total. The molecule has 2 aromatic heterocycles. The average Bonchev–Trinajstić information content (AvgIpc) is 3.00. The molecule has 0 saturated carbocycles. The highest BCUT2D eigenvalue weighted by molar-refractivity contribution is 7.19. The molecule has 1 fully saturated rings. The number of rotatable bonds is 3. The van der Waals surface area contributed by atoms with Gasteiger partial charge in [-0.3, -0.25) is 9.69 Å². The SMILES string of the molecule is O=c1cc(CN2CCNCC2)nc2sc(-c3cccc(Cl)c3)nn12. The van der Waals surface area contributed by atoms with Gasteiger partial charge >= 0.3 is 0 Å². The lowest BCUT2D eigenvalue weighted by atomic mass is 10.2. The van der Waals surface area contributed by atoms with E-state index in [4.69, 9.17) is 11.6 Å². The molecule has 4 rings (SSSR count). The van der Waals surface area contributed by atoms with E-state index in [0.717, 1.165) is 42.4 Å². The monoisotopic (exact) mass is 361 g/mol. The summed E-state index contributed by atoms with van der Waals surface area (Å²) in [5, 5.41) is 9.09. The van der Waals surface area contributed by atoms with Crippen LogP contribution >= 0.6 is 22.9 Å². The van der Waals surface area contributed by atoms with Crippen LogP contribution in [-0.4, -0.2) is 45.7 Å². The van der Waals surface area contributed by atoms with E-state index < -0.39 is 0 Å². The lowest BCUT2D eigenvalue weighted by molar-refractivity contribution is 0.231. The molecule has 1 aliphatic rings. The molecule has 0 unspecified atom stereocenters. The Hall–Kier alpha value is -1.80. The zero-order valence-electron chi connectivity index (χ0n) is 12.9. The molecule has 3 aromatic rings. The van der Waals surface area contributed by atoms with Gasteiger partial charge < -0.3 is 5.32 Å². The minimum atomic E-state index is -0.144. The standard InChI is InChI=1S/C16H16ClN5OS/c17-12-3-1-2-11(8-12)15-20-22-14(23)9-13(19-16(22)24-15)10-21-6-4-18-5-7-21/h1-3,8-9,18H,4-7,10H2. The number of aromatic nitrogens is 3. The summed E-state index contributed by atoms with van der Waals surface area (Å²) < 4.78 is 1.36. The van der Waals surface area contributed by atoms with E-state index in [9.17, 15) is 4.79 Å². The van der Waals surface area contributed by atoms with Crippen molar-refractivity contribution >= 4 is 27.9 Å². The normalized spacial score (nSPS) is 15.9. The van der Waals surface area contributed by atoms with Crippen LogP contribution < -0.4 is 10.9 Å². The second-order valence-corrected chi connectivity index (χ2v) is 7.12. The fraction of sp³-hybridized carbons (Fsp3) is 0.312. The van der Waals surface area contributed by atoms with Gasteiger partial charge in [0, 0.05) is 49.4 Å². The molecule has 3 heterocycles. The Morgan fingerprint density at radius 3 is 2.88 bits per heavy atom. The summed E-state index contributed by atoms with van der Waals surface area (Å²) in [6.07, 6.45) is 0. The van der Waals surface area contributed by atoms with E-state index in [1.54, 1.807) is 6.07 Å². The first-order valence-electron chi connectivity index (χ1n) is 7.78. The van der Waals surface area contributed by atoms with Crippen LogP contribution in [0.3, 0.4) is 0 Å². The number of hydrogen-bond acceptors (Lipinski definition) is 6. The van der Waals surface area contributed by atoms with Crippen molar-refractivity contribution in [1.82, 2.24) is 24.8 Å². The molecule has 8 heteroatoms. The van der Waals surface area contributed by atoms with Crippen LogP contribution in [0.25, 0.3) is 15.5 Å². The van der Waals surface area contributed by atoms with Crippen molar-refractivity contribution in [2.45, 2.75) is 6.54 Å². The van der Waals surface area contributed by atoms with Crippen LogP contribution in [0.1, 0.15) is 5.69 Å². The third-order valence-electron chi connectivity index (χ3n) is 3.96. The molecule has 24 heavy (non-hydrogen) atoms. The van der Waals surface area contributed by atoms with E-state index in [0.29, 0.717) is 16.5 Å². The zero-order chi connectivity index (χ0) is 16.5. The fourth-order valence-corrected chi connectivity index (χ4v) is 3.88. The lowest BCUT2D eigenvalue weighted by Crippen LogP contribution is -2.43. The van der Waals surface area contributed by atoms with Crippen molar-refractivity contribution < 1.29 is 0 Å². The molecule has 1 aromatic carbocycles. The minimum absolute atomic E-state index is 0.144. The van der Waals surface area contributed by atoms with Crippen LogP contribution in [0.15, 0.2) is 35.1 Å². The molecule has 0 radical (unpaired) electrons. The van der Waals surface area contributed by atoms with Gasteiger partial charge in [0.2, 0.25) is 4.96 Å². The molecule has 0 aliphatic carbocycles. The Labute approximate surface area is 147 Å². The summed E-state index contributed by atoms with van der Waals surface area (Å²) in [6.45, 7) is 4.58. The molecule has 1 aliphatic heterocycles. The lowest BCUT2D eigenvalue weighted by Gasteiger charge is -2.26. The molecule has 1 saturated heterocycles. The molecule has 124 valence electrons. The number of piperazine rings is 1. The van der Waals surface area contributed by atoms with Crippen molar-refractivity contribution in [2.24, 2.45) is 0 Å². The van der Waals surface area contributed by atoms with Gasteiger partial charge in [-0.05, 0) is 12.1 Å². The summed E-state index contributed by atoms with van der Waals surface area (Å²) in [5.41, 5.74) is 1.54. The van der Waals surface area contributed by atoms with E-state index in [2.05, 4.69) is 20.3 Å². The van der Waals surface area contributed by atoms with E-state index in [-0.39, 0.29) is 5.56 Å². The van der Waals surface area contributed by atoms with Gasteiger partial charge in [0.1, 0.15) is 5.01 Å². The molecule has 0 bridgehead atoms. The second kappa shape index (κ2) is 6.60. The van der Waals surface area contributed by atoms with Crippen molar-refractivity contribution in [3.63, 3.8) is 0 Å². The van der Waals surface area contributed by atoms with Crippen LogP contribution in [0, 0.1) is 0 Å². The average molecular weight is 362 g/mol. The van der Waals surface area contributed by atoms with Crippen molar-refractivity contribution in [1.29, 1.82) is 0 Å². The number of nitrogens with zero attached hydrogens (tertiary/aromatic N) is 4. The Bertz CT molecular complexity index is 932.